The van der Waals surface area contributed by atoms with Gasteiger partial charge >= 0.3 is 5.97 Å². The Kier molecular flexibility index (Phi) is 7.27. The molecule has 0 spiro atoms. The molecule has 1 heterocycles. The molecule has 1 N–H and O–H groups in total. The number of hydrogen-bond acceptors (Lipinski definition) is 3. The van der Waals surface area contributed by atoms with Crippen LogP contribution in [0.4, 0.5) is 5.69 Å². The standard InChI is InChI=1S/C33H33N3O2/c1-4-5-15-32-34-30-19-17-25(35(3)22-24-11-7-6-8-12-24)21-31(30)36(32)26-16-18-27(23(2)20-26)28-13-9-10-14-29(28)33(37)38/h6-14,16-21H,4-5,15,22H2,1-3H3,(H,37,38). The monoisotopic (exact) mass is 503 g/mol. The van der Waals surface area contributed by atoms with Crippen molar-refractivity contribution in [1.82, 2.24) is 9.55 Å². The van der Waals surface area contributed by atoms with Crippen LogP contribution in [0.5, 0.6) is 0 Å². The van der Waals surface area contributed by atoms with Gasteiger partial charge in [0.1, 0.15) is 5.82 Å². The van der Waals surface area contributed by atoms with Gasteiger partial charge in [-0.15, -0.1) is 0 Å². The zero-order chi connectivity index (χ0) is 26.6. The zero-order valence-corrected chi connectivity index (χ0v) is 22.2. The SMILES string of the molecule is CCCCc1nc2ccc(N(C)Cc3ccccc3)cc2n1-c1ccc(-c2ccccc2C(=O)O)c(C)c1. The molecule has 192 valence electrons. The molecule has 0 aliphatic carbocycles. The van der Waals surface area contributed by atoms with Crippen LogP contribution in [0.3, 0.4) is 0 Å². The number of anilines is 1. The summed E-state index contributed by atoms with van der Waals surface area (Å²) in [4.78, 5) is 19.1. The van der Waals surface area contributed by atoms with Crippen LogP contribution >= 0.6 is 0 Å². The maximum absolute atomic E-state index is 11.8. The molecule has 0 saturated heterocycles. The van der Waals surface area contributed by atoms with Crippen LogP contribution in [0.1, 0.15) is 47.1 Å². The number of rotatable bonds is 9. The molecule has 5 aromatic rings. The normalized spacial score (nSPS) is 11.1. The lowest BCUT2D eigenvalue weighted by Gasteiger charge is -2.20. The second kappa shape index (κ2) is 10.9. The Hall–Kier alpha value is -4.38. The Balaban J connectivity index is 1.59. The molecule has 0 unspecified atom stereocenters. The minimum absolute atomic E-state index is 0.311. The third-order valence-electron chi connectivity index (χ3n) is 7.08. The Morgan fingerprint density at radius 3 is 2.42 bits per heavy atom. The van der Waals surface area contributed by atoms with E-state index in [0.29, 0.717) is 5.56 Å². The van der Waals surface area contributed by atoms with Crippen molar-refractivity contribution in [3.8, 4) is 16.8 Å². The summed E-state index contributed by atoms with van der Waals surface area (Å²) in [5, 5.41) is 9.71. The second-order valence-corrected chi connectivity index (χ2v) is 9.83. The molecular weight excluding hydrogens is 470 g/mol. The Morgan fingerprint density at radius 2 is 1.68 bits per heavy atom. The number of fused-ring (bicyclic) bond motifs is 1. The quantitative estimate of drug-likeness (QED) is 0.224. The smallest absolute Gasteiger partial charge is 0.336 e. The van der Waals surface area contributed by atoms with Gasteiger partial charge in [0.05, 0.1) is 16.6 Å². The highest BCUT2D eigenvalue weighted by Gasteiger charge is 2.17. The third-order valence-corrected chi connectivity index (χ3v) is 7.08. The molecule has 5 nitrogen and oxygen atoms in total. The predicted octanol–water partition coefficient (Wildman–Crippen LogP) is 7.68. The molecule has 38 heavy (non-hydrogen) atoms. The molecule has 0 radical (unpaired) electrons. The minimum atomic E-state index is -0.918. The molecule has 5 heteroatoms. The molecule has 4 aromatic carbocycles. The summed E-state index contributed by atoms with van der Waals surface area (Å²) in [7, 11) is 2.12. The van der Waals surface area contributed by atoms with E-state index in [1.807, 2.05) is 31.2 Å². The van der Waals surface area contributed by atoms with E-state index in [9.17, 15) is 9.90 Å². The van der Waals surface area contributed by atoms with Gasteiger partial charge < -0.3 is 10.0 Å². The molecule has 0 amide bonds. The Morgan fingerprint density at radius 1 is 0.921 bits per heavy atom. The van der Waals surface area contributed by atoms with Gasteiger partial charge in [0.25, 0.3) is 0 Å². The fraction of sp³-hybridized carbons (Fsp3) is 0.212. The van der Waals surface area contributed by atoms with Crippen molar-refractivity contribution in [2.75, 3.05) is 11.9 Å². The van der Waals surface area contributed by atoms with E-state index >= 15 is 0 Å². The number of aromatic nitrogens is 2. The van der Waals surface area contributed by atoms with Gasteiger partial charge in [0.2, 0.25) is 0 Å². The fourth-order valence-corrected chi connectivity index (χ4v) is 5.08. The molecule has 0 atom stereocenters. The maximum atomic E-state index is 11.8. The van der Waals surface area contributed by atoms with Crippen molar-refractivity contribution in [3.63, 3.8) is 0 Å². The summed E-state index contributed by atoms with van der Waals surface area (Å²) in [6.07, 6.45) is 3.05. The summed E-state index contributed by atoms with van der Waals surface area (Å²) in [6.45, 7) is 5.06. The van der Waals surface area contributed by atoms with E-state index in [4.69, 9.17) is 4.98 Å². The second-order valence-electron chi connectivity index (χ2n) is 9.83. The number of carboxylic acids is 1. The van der Waals surface area contributed by atoms with Crippen LogP contribution in [0.2, 0.25) is 0 Å². The van der Waals surface area contributed by atoms with Crippen LogP contribution in [0, 0.1) is 6.92 Å². The van der Waals surface area contributed by atoms with E-state index in [-0.39, 0.29) is 0 Å². The van der Waals surface area contributed by atoms with E-state index < -0.39 is 5.97 Å². The molecule has 0 bridgehead atoms. The highest BCUT2D eigenvalue weighted by atomic mass is 16.4. The van der Waals surface area contributed by atoms with Crippen molar-refractivity contribution in [1.29, 1.82) is 0 Å². The molecule has 0 fully saturated rings. The summed E-state index contributed by atoms with van der Waals surface area (Å²) in [5.74, 6) is 0.126. The number of aromatic carboxylic acids is 1. The average molecular weight is 504 g/mol. The van der Waals surface area contributed by atoms with Crippen LogP contribution in [-0.2, 0) is 13.0 Å². The van der Waals surface area contributed by atoms with Gasteiger partial charge in [-0.1, -0.05) is 67.9 Å². The minimum Gasteiger partial charge on any atom is -0.478 e. The van der Waals surface area contributed by atoms with Crippen LogP contribution in [-0.4, -0.2) is 27.7 Å². The largest absolute Gasteiger partial charge is 0.478 e. The predicted molar refractivity (Wildman–Crippen MR) is 155 cm³/mol. The lowest BCUT2D eigenvalue weighted by molar-refractivity contribution is 0.0697. The number of unbranched alkanes of at least 4 members (excludes halogenated alkanes) is 1. The van der Waals surface area contributed by atoms with Crippen molar-refractivity contribution >= 4 is 22.7 Å². The van der Waals surface area contributed by atoms with E-state index in [0.717, 1.165) is 70.7 Å². The maximum Gasteiger partial charge on any atom is 0.336 e. The van der Waals surface area contributed by atoms with Crippen LogP contribution in [0.25, 0.3) is 27.8 Å². The van der Waals surface area contributed by atoms with Gasteiger partial charge in [-0.2, -0.15) is 0 Å². The molecule has 5 rings (SSSR count). The third kappa shape index (κ3) is 5.05. The lowest BCUT2D eigenvalue weighted by Crippen LogP contribution is -2.16. The summed E-state index contributed by atoms with van der Waals surface area (Å²) >= 11 is 0. The van der Waals surface area contributed by atoms with Gasteiger partial charge in [-0.05, 0) is 72.0 Å². The van der Waals surface area contributed by atoms with Crippen molar-refractivity contribution in [3.05, 3.63) is 114 Å². The first kappa shape index (κ1) is 25.3. The summed E-state index contributed by atoms with van der Waals surface area (Å²) < 4.78 is 2.27. The van der Waals surface area contributed by atoms with Crippen LogP contribution < -0.4 is 4.90 Å². The topological polar surface area (TPSA) is 58.4 Å². The van der Waals surface area contributed by atoms with Crippen molar-refractivity contribution < 1.29 is 9.90 Å². The Bertz CT molecular complexity index is 1590. The fourth-order valence-electron chi connectivity index (χ4n) is 5.08. The number of benzene rings is 4. The number of carbonyl (C=O) groups is 1. The first-order valence-electron chi connectivity index (χ1n) is 13.2. The number of aryl methyl sites for hydroxylation is 2. The number of imidazole rings is 1. The van der Waals surface area contributed by atoms with Gasteiger partial charge in [0, 0.05) is 31.4 Å². The molecule has 0 saturated carbocycles. The number of hydrogen-bond donors (Lipinski definition) is 1. The van der Waals surface area contributed by atoms with Crippen LogP contribution in [0.15, 0.2) is 91.0 Å². The van der Waals surface area contributed by atoms with Gasteiger partial charge in [-0.3, -0.25) is 4.57 Å². The molecule has 0 aliphatic rings. The van der Waals surface area contributed by atoms with E-state index in [1.165, 1.54) is 5.56 Å². The summed E-state index contributed by atoms with van der Waals surface area (Å²) in [6, 6.07) is 30.4. The molecule has 1 aromatic heterocycles. The molecular formula is C33H33N3O2. The first-order valence-corrected chi connectivity index (χ1v) is 13.2. The molecule has 0 aliphatic heterocycles. The highest BCUT2D eigenvalue weighted by molar-refractivity contribution is 5.96. The van der Waals surface area contributed by atoms with Gasteiger partial charge in [0.15, 0.2) is 0 Å². The highest BCUT2D eigenvalue weighted by Crippen LogP contribution is 2.32. The van der Waals surface area contributed by atoms with E-state index in [2.05, 4.69) is 78.0 Å². The van der Waals surface area contributed by atoms with Crippen molar-refractivity contribution in [2.24, 2.45) is 0 Å². The number of nitrogens with zero attached hydrogens (tertiary/aromatic N) is 3. The van der Waals surface area contributed by atoms with Gasteiger partial charge in [-0.25, -0.2) is 9.78 Å². The first-order chi connectivity index (χ1) is 18.5. The van der Waals surface area contributed by atoms with Crippen molar-refractivity contribution in [2.45, 2.75) is 39.7 Å². The zero-order valence-electron chi connectivity index (χ0n) is 22.2. The summed E-state index contributed by atoms with van der Waals surface area (Å²) in [5.41, 5.74) is 8.48. The average Bonchev–Trinajstić information content (AvgIpc) is 3.30. The Labute approximate surface area is 224 Å². The van der Waals surface area contributed by atoms with E-state index in [1.54, 1.807) is 12.1 Å². The lowest BCUT2D eigenvalue weighted by atomic mass is 9.95. The number of carboxylic acid groups (broad SMARTS) is 1.